The molecular formula is C72H59BrN12O10S3. The number of carbonyl (C=O) groups is 1. The van der Waals surface area contributed by atoms with Crippen LogP contribution >= 0.6 is 49.9 Å². The summed E-state index contributed by atoms with van der Waals surface area (Å²) in [7, 11) is 1.31. The van der Waals surface area contributed by atoms with E-state index in [4.69, 9.17) is 23.0 Å². The third-order valence-corrected chi connectivity index (χ3v) is 19.7. The summed E-state index contributed by atoms with van der Waals surface area (Å²) in [5, 5.41) is 9.57. The number of alkyl halides is 1. The molecule has 0 spiro atoms. The molecule has 22 nitrogen and oxygen atoms in total. The van der Waals surface area contributed by atoms with Crippen molar-refractivity contribution in [2.24, 2.45) is 4.99 Å². The van der Waals surface area contributed by atoms with E-state index in [-0.39, 0.29) is 47.3 Å². The van der Waals surface area contributed by atoms with Gasteiger partial charge in [0.1, 0.15) is 17.3 Å². The molecule has 0 saturated carbocycles. The van der Waals surface area contributed by atoms with Crippen molar-refractivity contribution in [3.8, 4) is 15.4 Å². The number of rotatable bonds is 15. The highest BCUT2D eigenvalue weighted by atomic mass is 79.9. The maximum Gasteiger partial charge on any atom is 0.311 e. The first kappa shape index (κ1) is 65.3. The van der Waals surface area contributed by atoms with Crippen LogP contribution in [0.4, 0.5) is 0 Å². The molecule has 0 radical (unpaired) electrons. The Bertz CT molecular complexity index is 5750. The molecule has 98 heavy (non-hydrogen) atoms. The van der Waals surface area contributed by atoms with E-state index in [1.807, 2.05) is 145 Å². The van der Waals surface area contributed by atoms with Gasteiger partial charge >= 0.3 is 5.97 Å². The number of benzene rings is 5. The summed E-state index contributed by atoms with van der Waals surface area (Å²) in [4.78, 5) is 96.0. The maximum atomic E-state index is 13.9. The molecule has 0 bridgehead atoms. The van der Waals surface area contributed by atoms with Crippen molar-refractivity contribution in [3.05, 3.63) is 304 Å². The number of ether oxygens (including phenoxy) is 1. The van der Waals surface area contributed by atoms with Gasteiger partial charge in [-0.3, -0.25) is 48.6 Å². The van der Waals surface area contributed by atoms with Crippen LogP contribution in [0.3, 0.4) is 0 Å². The molecule has 5 aromatic carbocycles. The van der Waals surface area contributed by atoms with Crippen LogP contribution in [-0.2, 0) is 47.5 Å². The largest absolute Gasteiger partial charge is 0.469 e. The van der Waals surface area contributed by atoms with Gasteiger partial charge in [-0.15, -0.1) is 0 Å². The number of hydrogen-bond acceptors (Lipinski definition) is 17. The number of nitrogens with zero attached hydrogens (tertiary/aromatic N) is 10. The highest BCUT2D eigenvalue weighted by Crippen LogP contribution is 2.29. The molecule has 0 aliphatic rings. The molecule has 0 fully saturated rings. The SMILES string of the molecule is BrCc1ccccc1.COC(=O)Cc1[nH]n(-c2nc3ccccc3s2)c(=O)c1C(C)=NCc1ccco1.Cc1c2c(=O)n(-c3nc4ccccc4s3)[nH]c2cc(=O)n1Cc1ccco1.Cc1c2c(=O)n(-c3nc4ccccc4s3)n(Cc3ccccc3)c2cc(=O)n1Cc1ccco1. The smallest absolute Gasteiger partial charge is 0.311 e. The number of methoxy groups -OCH3 is 1. The van der Waals surface area contributed by atoms with Gasteiger partial charge in [0, 0.05) is 34.6 Å². The molecule has 0 unspecified atom stereocenters. The molecule has 0 aliphatic heterocycles. The number of aryl methyl sites for hydroxylation is 2. The molecule has 16 aromatic rings. The lowest BCUT2D eigenvalue weighted by molar-refractivity contribution is -0.139. The first-order valence-corrected chi connectivity index (χ1v) is 34.2. The van der Waals surface area contributed by atoms with Crippen LogP contribution < -0.4 is 27.8 Å². The summed E-state index contributed by atoms with van der Waals surface area (Å²) in [5.41, 5.74) is 7.23. The zero-order valence-electron chi connectivity index (χ0n) is 53.0. The van der Waals surface area contributed by atoms with Crippen molar-refractivity contribution in [1.82, 2.24) is 53.0 Å². The second kappa shape index (κ2) is 28.9. The van der Waals surface area contributed by atoms with Crippen LogP contribution in [0.1, 0.15) is 58.0 Å². The van der Waals surface area contributed by atoms with Crippen LogP contribution in [0, 0.1) is 13.8 Å². The normalized spacial score (nSPS) is 11.5. The van der Waals surface area contributed by atoms with Crippen molar-refractivity contribution < 1.29 is 22.8 Å². The van der Waals surface area contributed by atoms with E-state index in [9.17, 15) is 28.8 Å². The summed E-state index contributed by atoms with van der Waals surface area (Å²) in [6, 6.07) is 57.0. The molecule has 16 rings (SSSR count). The van der Waals surface area contributed by atoms with Crippen molar-refractivity contribution in [2.45, 2.75) is 58.7 Å². The molecule has 11 heterocycles. The number of pyridine rings is 2. The van der Waals surface area contributed by atoms with Crippen molar-refractivity contribution in [3.63, 3.8) is 0 Å². The summed E-state index contributed by atoms with van der Waals surface area (Å²) < 4.78 is 33.1. The molecule has 0 aliphatic carbocycles. The average molecular weight is 1430 g/mol. The van der Waals surface area contributed by atoms with E-state index >= 15 is 0 Å². The van der Waals surface area contributed by atoms with Crippen LogP contribution in [0.2, 0.25) is 0 Å². The highest BCUT2D eigenvalue weighted by molar-refractivity contribution is 9.08. The number of furan rings is 3. The Morgan fingerprint density at radius 3 is 1.53 bits per heavy atom. The Morgan fingerprint density at radius 2 is 1.02 bits per heavy atom. The Morgan fingerprint density at radius 1 is 0.541 bits per heavy atom. The fraction of sp³-hybridized carbons (Fsp3) is 0.139. The van der Waals surface area contributed by atoms with E-state index in [2.05, 4.69) is 53.2 Å². The predicted molar refractivity (Wildman–Crippen MR) is 386 cm³/mol. The first-order chi connectivity index (χ1) is 47.7. The summed E-state index contributed by atoms with van der Waals surface area (Å²) in [6.45, 7) is 6.57. The average Bonchev–Trinajstić information content (AvgIpc) is 1.59. The summed E-state index contributed by atoms with van der Waals surface area (Å²) in [5.74, 6) is 1.53. The number of esters is 1. The van der Waals surface area contributed by atoms with Crippen LogP contribution in [0.25, 0.3) is 67.9 Å². The lowest BCUT2D eigenvalue weighted by Crippen LogP contribution is -2.23. The molecular weight excluding hydrogens is 1370 g/mol. The van der Waals surface area contributed by atoms with Crippen molar-refractivity contribution in [2.75, 3.05) is 7.11 Å². The minimum atomic E-state index is -0.456. The minimum absolute atomic E-state index is 0.0768. The molecule has 11 aromatic heterocycles. The lowest BCUT2D eigenvalue weighted by Gasteiger charge is -2.12. The number of carbonyl (C=O) groups excluding carboxylic acids is 1. The van der Waals surface area contributed by atoms with E-state index in [1.54, 1.807) is 76.8 Å². The number of aliphatic imine (C=N–C) groups is 1. The Labute approximate surface area is 576 Å². The van der Waals surface area contributed by atoms with Gasteiger partial charge < -0.3 is 27.1 Å². The third-order valence-electron chi connectivity index (χ3n) is 16.0. The van der Waals surface area contributed by atoms with E-state index in [0.717, 1.165) is 41.5 Å². The molecule has 26 heteroatoms. The number of halogens is 1. The topological polar surface area (TPSA) is 263 Å². The van der Waals surface area contributed by atoms with E-state index in [0.29, 0.717) is 95.9 Å². The number of aromatic nitrogens is 11. The zero-order valence-corrected chi connectivity index (χ0v) is 57.0. The van der Waals surface area contributed by atoms with Gasteiger partial charge in [0.05, 0.1) is 122 Å². The molecule has 0 atom stereocenters. The number of nitrogens with one attached hydrogen (secondary N) is 2. The van der Waals surface area contributed by atoms with Crippen LogP contribution in [0.15, 0.2) is 243 Å². The van der Waals surface area contributed by atoms with Gasteiger partial charge in [0.25, 0.3) is 27.8 Å². The second-order valence-electron chi connectivity index (χ2n) is 22.3. The van der Waals surface area contributed by atoms with Crippen molar-refractivity contribution >= 4 is 114 Å². The van der Waals surface area contributed by atoms with E-state index < -0.39 is 5.97 Å². The monoisotopic (exact) mass is 1430 g/mol. The number of H-pyrrole nitrogens is 2. The highest BCUT2D eigenvalue weighted by Gasteiger charge is 2.25. The van der Waals surface area contributed by atoms with Gasteiger partial charge in [-0.25, -0.2) is 15.0 Å². The quantitative estimate of drug-likeness (QED) is 0.0550. The number of para-hydroxylation sites is 3. The molecule has 492 valence electrons. The number of thiazole rings is 3. The van der Waals surface area contributed by atoms with E-state index in [1.165, 1.54) is 62.1 Å². The second-order valence-corrected chi connectivity index (χ2v) is 25.9. The fourth-order valence-corrected chi connectivity index (χ4v) is 14.3. The Hall–Kier alpha value is -11.3. The van der Waals surface area contributed by atoms with Gasteiger partial charge in [-0.2, -0.15) is 14.0 Å². The predicted octanol–water partition coefficient (Wildman–Crippen LogP) is 13.3. The Kier molecular flexibility index (Phi) is 19.3. The number of hydrogen-bond donors (Lipinski definition) is 2. The maximum absolute atomic E-state index is 13.9. The first-order valence-electron chi connectivity index (χ1n) is 30.6. The summed E-state index contributed by atoms with van der Waals surface area (Å²) >= 11 is 7.61. The number of aromatic amines is 2. The Balaban J connectivity index is 0.000000126. The van der Waals surface area contributed by atoms with Crippen LogP contribution in [0.5, 0.6) is 0 Å². The van der Waals surface area contributed by atoms with Crippen LogP contribution in [-0.4, -0.2) is 71.8 Å². The lowest BCUT2D eigenvalue weighted by atomic mass is 10.1. The molecule has 0 amide bonds. The van der Waals surface area contributed by atoms with Gasteiger partial charge in [-0.1, -0.05) is 147 Å². The standard InChI is InChI=1S/C26H20N4O3S.C20H18N4O4S.C19H14N4O3S.C7H7Br/c1-17-24-21(14-23(31)28(17)16-19-10-7-13-33-19)29(15-18-8-3-2-4-9-18)30(25(24)32)26-27-20-11-5-6-12-22(20)34-26;1-12(21-11-13-6-5-9-28-13)18-15(10-17(25)27-2)23-24(19(18)26)20-22-14-7-3-4-8-16(14)29-20;1-11-17-14(9-16(24)22(11)10-12-5-4-8-26-12)21-23(18(17)25)19-20-13-6-2-3-7-15(13)27-19;8-6-7-4-2-1-3-5-7/h2-14H,15-16H2,1H3;3-9,23H,10-11H2,1-2H3;2-9,21H,10H2,1H3;1-5H,6H2. The van der Waals surface area contributed by atoms with Gasteiger partial charge in [-0.05, 0) is 105 Å². The minimum Gasteiger partial charge on any atom is -0.469 e. The fourth-order valence-electron chi connectivity index (χ4n) is 11.1. The van der Waals surface area contributed by atoms with Gasteiger partial charge in [0.15, 0.2) is 0 Å². The summed E-state index contributed by atoms with van der Waals surface area (Å²) in [6.07, 6.45) is 4.63. The van der Waals surface area contributed by atoms with Crippen molar-refractivity contribution in [1.29, 1.82) is 0 Å². The third kappa shape index (κ3) is 13.7. The zero-order chi connectivity index (χ0) is 68.0. The molecule has 0 saturated heterocycles. The van der Waals surface area contributed by atoms with Gasteiger partial charge in [0.2, 0.25) is 15.4 Å². The molecule has 2 N–H and O–H groups in total. The number of fused-ring (bicyclic) bond motifs is 5.